The molecule has 0 heterocycles. The molecular weight excluding hydrogens is 208 g/mol. The van der Waals surface area contributed by atoms with Gasteiger partial charge in [-0.05, 0) is 18.8 Å². The molecule has 16 heavy (non-hydrogen) atoms. The summed E-state index contributed by atoms with van der Waals surface area (Å²) in [5.41, 5.74) is 0. The van der Waals surface area contributed by atoms with Gasteiger partial charge >= 0.3 is 11.9 Å². The molecule has 0 saturated carbocycles. The van der Waals surface area contributed by atoms with Crippen molar-refractivity contribution in [3.8, 4) is 0 Å². The molecule has 0 radical (unpaired) electrons. The number of hydrogen-bond acceptors (Lipinski definition) is 2. The van der Waals surface area contributed by atoms with Gasteiger partial charge in [-0.3, -0.25) is 9.59 Å². The summed E-state index contributed by atoms with van der Waals surface area (Å²) >= 11 is 0. The molecule has 88 valence electrons. The number of carboxylic acid groups (broad SMARTS) is 2. The SMILES string of the molecule is CCC=CC1CC=CC(C(=O)O)C1C(=O)O. The van der Waals surface area contributed by atoms with Gasteiger partial charge in [0.1, 0.15) is 0 Å². The zero-order chi connectivity index (χ0) is 12.1. The van der Waals surface area contributed by atoms with Gasteiger partial charge in [-0.1, -0.05) is 31.2 Å². The van der Waals surface area contributed by atoms with Gasteiger partial charge in [0.15, 0.2) is 0 Å². The fourth-order valence-electron chi connectivity index (χ4n) is 2.00. The van der Waals surface area contributed by atoms with Gasteiger partial charge in [-0.2, -0.15) is 0 Å². The molecule has 0 aromatic rings. The summed E-state index contributed by atoms with van der Waals surface area (Å²) in [5.74, 6) is -4.10. The van der Waals surface area contributed by atoms with E-state index in [1.165, 1.54) is 6.08 Å². The predicted molar refractivity (Wildman–Crippen MR) is 58.9 cm³/mol. The Kier molecular flexibility index (Phi) is 4.28. The van der Waals surface area contributed by atoms with Crippen molar-refractivity contribution in [2.24, 2.45) is 17.8 Å². The third-order valence-corrected chi connectivity index (χ3v) is 2.79. The topological polar surface area (TPSA) is 74.6 Å². The summed E-state index contributed by atoms with van der Waals surface area (Å²) in [5, 5.41) is 18.1. The molecule has 1 aliphatic carbocycles. The molecule has 0 amide bonds. The number of rotatable bonds is 4. The van der Waals surface area contributed by atoms with Gasteiger partial charge in [0.05, 0.1) is 11.8 Å². The first-order valence-electron chi connectivity index (χ1n) is 5.36. The Hall–Kier alpha value is -1.58. The molecule has 1 rings (SSSR count). The maximum absolute atomic E-state index is 11.1. The van der Waals surface area contributed by atoms with Gasteiger partial charge in [0.25, 0.3) is 0 Å². The van der Waals surface area contributed by atoms with Gasteiger partial charge < -0.3 is 10.2 Å². The first-order valence-corrected chi connectivity index (χ1v) is 5.36. The summed E-state index contributed by atoms with van der Waals surface area (Å²) in [6, 6.07) is 0. The third kappa shape index (κ3) is 2.72. The summed E-state index contributed by atoms with van der Waals surface area (Å²) in [4.78, 5) is 22.1. The third-order valence-electron chi connectivity index (χ3n) is 2.79. The normalized spacial score (nSPS) is 29.4. The molecule has 3 unspecified atom stereocenters. The van der Waals surface area contributed by atoms with Crippen LogP contribution in [0.1, 0.15) is 19.8 Å². The van der Waals surface area contributed by atoms with E-state index in [2.05, 4.69) is 0 Å². The molecule has 0 aromatic carbocycles. The molecule has 2 N–H and O–H groups in total. The average Bonchev–Trinajstić information content (AvgIpc) is 2.25. The second kappa shape index (κ2) is 5.49. The maximum Gasteiger partial charge on any atom is 0.311 e. The first kappa shape index (κ1) is 12.5. The quantitative estimate of drug-likeness (QED) is 0.715. The highest BCUT2D eigenvalue weighted by atomic mass is 16.4. The van der Waals surface area contributed by atoms with Crippen molar-refractivity contribution in [2.45, 2.75) is 19.8 Å². The summed E-state index contributed by atoms with van der Waals surface area (Å²) < 4.78 is 0. The van der Waals surface area contributed by atoms with Crippen LogP contribution in [0.2, 0.25) is 0 Å². The van der Waals surface area contributed by atoms with Crippen LogP contribution in [-0.4, -0.2) is 22.2 Å². The Morgan fingerprint density at radius 2 is 2.06 bits per heavy atom. The van der Waals surface area contributed by atoms with Gasteiger partial charge in [-0.25, -0.2) is 0 Å². The van der Waals surface area contributed by atoms with Gasteiger partial charge in [0, 0.05) is 0 Å². The lowest BCUT2D eigenvalue weighted by Gasteiger charge is -2.27. The Bertz CT molecular complexity index is 330. The standard InChI is InChI=1S/C12H16O4/c1-2-3-5-8-6-4-7-9(11(13)14)10(8)12(15)16/h3-5,7-10H,2,6H2,1H3,(H,13,14)(H,15,16). The van der Waals surface area contributed by atoms with Crippen LogP contribution in [0.25, 0.3) is 0 Å². The van der Waals surface area contributed by atoms with E-state index in [4.69, 9.17) is 10.2 Å². The Morgan fingerprint density at radius 3 is 2.56 bits per heavy atom. The Balaban J connectivity index is 2.94. The fraction of sp³-hybridized carbons (Fsp3) is 0.500. The minimum Gasteiger partial charge on any atom is -0.481 e. The molecule has 0 aromatic heterocycles. The van der Waals surface area contributed by atoms with E-state index in [1.807, 2.05) is 19.1 Å². The zero-order valence-corrected chi connectivity index (χ0v) is 9.17. The minimum atomic E-state index is -1.07. The molecule has 4 heteroatoms. The van der Waals surface area contributed by atoms with Crippen LogP contribution in [0.15, 0.2) is 24.3 Å². The number of allylic oxidation sites excluding steroid dienone is 3. The van der Waals surface area contributed by atoms with Crippen LogP contribution in [0, 0.1) is 17.8 Å². The van der Waals surface area contributed by atoms with Crippen molar-refractivity contribution in [1.82, 2.24) is 0 Å². The fourth-order valence-corrected chi connectivity index (χ4v) is 2.00. The molecule has 4 nitrogen and oxygen atoms in total. The molecule has 0 spiro atoms. The molecule has 1 aliphatic rings. The smallest absolute Gasteiger partial charge is 0.311 e. The molecule has 3 atom stereocenters. The second-order valence-corrected chi connectivity index (χ2v) is 3.89. The highest BCUT2D eigenvalue weighted by Crippen LogP contribution is 2.32. The Labute approximate surface area is 94.3 Å². The minimum absolute atomic E-state index is 0.219. The zero-order valence-electron chi connectivity index (χ0n) is 9.17. The van der Waals surface area contributed by atoms with E-state index in [0.29, 0.717) is 6.42 Å². The number of carboxylic acids is 2. The lowest BCUT2D eigenvalue weighted by molar-refractivity contribution is -0.153. The van der Waals surface area contributed by atoms with E-state index in [9.17, 15) is 9.59 Å². The van der Waals surface area contributed by atoms with Gasteiger partial charge in [0.2, 0.25) is 0 Å². The van der Waals surface area contributed by atoms with Crippen LogP contribution in [-0.2, 0) is 9.59 Å². The van der Waals surface area contributed by atoms with Crippen molar-refractivity contribution < 1.29 is 19.8 Å². The van der Waals surface area contributed by atoms with Crippen molar-refractivity contribution in [2.75, 3.05) is 0 Å². The van der Waals surface area contributed by atoms with Crippen molar-refractivity contribution in [1.29, 1.82) is 0 Å². The lowest BCUT2D eigenvalue weighted by atomic mass is 9.75. The van der Waals surface area contributed by atoms with E-state index < -0.39 is 23.8 Å². The summed E-state index contributed by atoms with van der Waals surface area (Å²) in [6.07, 6.45) is 8.36. The highest BCUT2D eigenvalue weighted by molar-refractivity contribution is 5.82. The number of hydrogen-bond donors (Lipinski definition) is 2. The second-order valence-electron chi connectivity index (χ2n) is 3.89. The van der Waals surface area contributed by atoms with Crippen LogP contribution in [0.4, 0.5) is 0 Å². The van der Waals surface area contributed by atoms with Gasteiger partial charge in [-0.15, -0.1) is 0 Å². The monoisotopic (exact) mass is 224 g/mol. The van der Waals surface area contributed by atoms with Crippen LogP contribution in [0.5, 0.6) is 0 Å². The Morgan fingerprint density at radius 1 is 1.38 bits per heavy atom. The van der Waals surface area contributed by atoms with Crippen LogP contribution >= 0.6 is 0 Å². The summed E-state index contributed by atoms with van der Waals surface area (Å²) in [6.45, 7) is 1.96. The average molecular weight is 224 g/mol. The number of aliphatic carboxylic acids is 2. The molecule has 0 saturated heterocycles. The molecule has 0 aliphatic heterocycles. The van der Waals surface area contributed by atoms with E-state index in [0.717, 1.165) is 6.42 Å². The van der Waals surface area contributed by atoms with E-state index in [-0.39, 0.29) is 5.92 Å². The molecule has 0 fully saturated rings. The maximum atomic E-state index is 11.1. The number of carbonyl (C=O) groups is 2. The van der Waals surface area contributed by atoms with E-state index in [1.54, 1.807) is 6.08 Å². The van der Waals surface area contributed by atoms with Crippen molar-refractivity contribution in [3.05, 3.63) is 24.3 Å². The molecular formula is C12H16O4. The first-order chi connectivity index (χ1) is 7.57. The predicted octanol–water partition coefficient (Wildman–Crippen LogP) is 1.93. The van der Waals surface area contributed by atoms with Crippen LogP contribution in [0.3, 0.4) is 0 Å². The van der Waals surface area contributed by atoms with E-state index >= 15 is 0 Å². The lowest BCUT2D eigenvalue weighted by Crippen LogP contribution is -2.35. The van der Waals surface area contributed by atoms with Crippen LogP contribution < -0.4 is 0 Å². The molecule has 0 bridgehead atoms. The largest absolute Gasteiger partial charge is 0.481 e. The highest BCUT2D eigenvalue weighted by Gasteiger charge is 2.38. The summed E-state index contributed by atoms with van der Waals surface area (Å²) in [7, 11) is 0. The van der Waals surface area contributed by atoms with Crippen molar-refractivity contribution >= 4 is 11.9 Å². The van der Waals surface area contributed by atoms with Crippen molar-refractivity contribution in [3.63, 3.8) is 0 Å².